The second kappa shape index (κ2) is 8.10. The molecule has 1 amide bonds. The number of nitrogens with zero attached hydrogens (tertiary/aromatic N) is 1. The minimum absolute atomic E-state index is 0.126. The molecular weight excluding hydrogens is 364 g/mol. The standard InChI is InChI=1S/C24H22N2O3/c1-26(2)21-12-8-19(9-13-21)24(27)25-20-10-5-17(6-11-20)3-4-18-7-14-22-23(15-18)29-16-28-22/h3-15H,16H2,1-2H3,(H,25,27)/b4-3+. The Morgan fingerprint density at radius 2 is 1.52 bits per heavy atom. The highest BCUT2D eigenvalue weighted by Crippen LogP contribution is 2.33. The molecule has 0 aromatic heterocycles. The monoisotopic (exact) mass is 386 g/mol. The number of hydrogen-bond donors (Lipinski definition) is 1. The van der Waals surface area contributed by atoms with Crippen LogP contribution in [0.2, 0.25) is 0 Å². The number of nitrogens with one attached hydrogen (secondary N) is 1. The second-order valence-electron chi connectivity index (χ2n) is 6.96. The molecule has 1 aliphatic rings. The van der Waals surface area contributed by atoms with Gasteiger partial charge in [-0.15, -0.1) is 0 Å². The zero-order valence-corrected chi connectivity index (χ0v) is 16.4. The van der Waals surface area contributed by atoms with Gasteiger partial charge < -0.3 is 19.7 Å². The summed E-state index contributed by atoms with van der Waals surface area (Å²) in [6, 6.07) is 21.1. The number of fused-ring (bicyclic) bond motifs is 1. The summed E-state index contributed by atoms with van der Waals surface area (Å²) in [5, 5.41) is 2.93. The van der Waals surface area contributed by atoms with Gasteiger partial charge in [0.1, 0.15) is 0 Å². The molecule has 4 rings (SSSR count). The highest BCUT2D eigenvalue weighted by atomic mass is 16.7. The highest BCUT2D eigenvalue weighted by molar-refractivity contribution is 6.04. The Labute approximate surface area is 170 Å². The molecule has 29 heavy (non-hydrogen) atoms. The Morgan fingerprint density at radius 3 is 2.24 bits per heavy atom. The van der Waals surface area contributed by atoms with Gasteiger partial charge in [-0.05, 0) is 59.7 Å². The van der Waals surface area contributed by atoms with Crippen LogP contribution in [0.4, 0.5) is 11.4 Å². The Hall–Kier alpha value is -3.73. The van der Waals surface area contributed by atoms with E-state index in [-0.39, 0.29) is 12.7 Å². The molecular formula is C24H22N2O3. The first kappa shape index (κ1) is 18.6. The number of rotatable bonds is 5. The van der Waals surface area contributed by atoms with E-state index in [1.165, 1.54) is 0 Å². The average Bonchev–Trinajstić information content (AvgIpc) is 3.21. The number of benzene rings is 3. The zero-order chi connectivity index (χ0) is 20.2. The lowest BCUT2D eigenvalue weighted by Gasteiger charge is -2.12. The van der Waals surface area contributed by atoms with Gasteiger partial charge in [-0.25, -0.2) is 0 Å². The normalized spacial score (nSPS) is 12.2. The quantitative estimate of drug-likeness (QED) is 0.634. The summed E-state index contributed by atoms with van der Waals surface area (Å²) in [4.78, 5) is 14.4. The Bertz CT molecular complexity index is 1040. The lowest BCUT2D eigenvalue weighted by atomic mass is 10.1. The lowest BCUT2D eigenvalue weighted by Crippen LogP contribution is -2.13. The van der Waals surface area contributed by atoms with Crippen LogP contribution in [-0.4, -0.2) is 26.8 Å². The molecule has 0 saturated heterocycles. The highest BCUT2D eigenvalue weighted by Gasteiger charge is 2.12. The van der Waals surface area contributed by atoms with Crippen LogP contribution in [0.15, 0.2) is 66.7 Å². The molecule has 5 heteroatoms. The molecule has 0 radical (unpaired) electrons. The van der Waals surface area contributed by atoms with Crippen LogP contribution in [0, 0.1) is 0 Å². The minimum Gasteiger partial charge on any atom is -0.454 e. The Balaban J connectivity index is 1.39. The maximum absolute atomic E-state index is 12.4. The van der Waals surface area contributed by atoms with Gasteiger partial charge in [0, 0.05) is 31.0 Å². The zero-order valence-electron chi connectivity index (χ0n) is 16.4. The van der Waals surface area contributed by atoms with Crippen molar-refractivity contribution in [3.8, 4) is 11.5 Å². The molecule has 3 aromatic carbocycles. The number of hydrogen-bond acceptors (Lipinski definition) is 4. The SMILES string of the molecule is CN(C)c1ccc(C(=O)Nc2ccc(/C=C/c3ccc4c(c3)OCO4)cc2)cc1. The van der Waals surface area contributed by atoms with Gasteiger partial charge in [0.2, 0.25) is 6.79 Å². The largest absolute Gasteiger partial charge is 0.454 e. The summed E-state index contributed by atoms with van der Waals surface area (Å²) in [6.45, 7) is 0.273. The average molecular weight is 386 g/mol. The van der Waals surface area contributed by atoms with Gasteiger partial charge in [0.25, 0.3) is 5.91 Å². The van der Waals surface area contributed by atoms with Gasteiger partial charge >= 0.3 is 0 Å². The third-order valence-corrected chi connectivity index (χ3v) is 4.68. The molecule has 0 spiro atoms. The molecule has 0 bridgehead atoms. The predicted molar refractivity (Wildman–Crippen MR) is 117 cm³/mol. The summed E-state index contributed by atoms with van der Waals surface area (Å²) in [5.41, 5.74) is 4.51. The van der Waals surface area contributed by atoms with Crippen molar-refractivity contribution in [3.05, 3.63) is 83.4 Å². The number of carbonyl (C=O) groups is 1. The number of amides is 1. The fraction of sp³-hybridized carbons (Fsp3) is 0.125. The van der Waals surface area contributed by atoms with Crippen molar-refractivity contribution in [1.82, 2.24) is 0 Å². The molecule has 5 nitrogen and oxygen atoms in total. The van der Waals surface area contributed by atoms with Crippen LogP contribution >= 0.6 is 0 Å². The van der Waals surface area contributed by atoms with Crippen LogP contribution in [0.25, 0.3) is 12.2 Å². The second-order valence-corrected chi connectivity index (χ2v) is 6.96. The molecule has 0 atom stereocenters. The molecule has 1 N–H and O–H groups in total. The van der Waals surface area contributed by atoms with Crippen molar-refractivity contribution < 1.29 is 14.3 Å². The minimum atomic E-state index is -0.126. The van der Waals surface area contributed by atoms with Crippen molar-refractivity contribution in [2.24, 2.45) is 0 Å². The van der Waals surface area contributed by atoms with E-state index in [9.17, 15) is 4.79 Å². The van der Waals surface area contributed by atoms with Gasteiger partial charge in [0.05, 0.1) is 0 Å². The summed E-state index contributed by atoms with van der Waals surface area (Å²) in [6.07, 6.45) is 4.03. The van der Waals surface area contributed by atoms with E-state index in [0.29, 0.717) is 5.56 Å². The van der Waals surface area contributed by atoms with Crippen LogP contribution in [-0.2, 0) is 0 Å². The first-order valence-corrected chi connectivity index (χ1v) is 9.35. The topological polar surface area (TPSA) is 50.8 Å². The maximum atomic E-state index is 12.4. The maximum Gasteiger partial charge on any atom is 0.255 e. The molecule has 0 fully saturated rings. The lowest BCUT2D eigenvalue weighted by molar-refractivity contribution is 0.102. The van der Waals surface area contributed by atoms with Crippen LogP contribution in [0.1, 0.15) is 21.5 Å². The molecule has 0 saturated carbocycles. The smallest absolute Gasteiger partial charge is 0.255 e. The molecule has 146 valence electrons. The van der Waals surface area contributed by atoms with Gasteiger partial charge in [0.15, 0.2) is 11.5 Å². The van der Waals surface area contributed by atoms with E-state index in [1.54, 1.807) is 0 Å². The number of anilines is 2. The first-order valence-electron chi connectivity index (χ1n) is 9.35. The fourth-order valence-electron chi connectivity index (χ4n) is 3.00. The summed E-state index contributed by atoms with van der Waals surface area (Å²) < 4.78 is 10.7. The molecule has 3 aromatic rings. The van der Waals surface area contributed by atoms with Crippen molar-refractivity contribution in [3.63, 3.8) is 0 Å². The van der Waals surface area contributed by atoms with Crippen molar-refractivity contribution in [2.75, 3.05) is 31.1 Å². The third kappa shape index (κ3) is 4.41. The van der Waals surface area contributed by atoms with Gasteiger partial charge in [-0.1, -0.05) is 30.4 Å². The molecule has 0 unspecified atom stereocenters. The van der Waals surface area contributed by atoms with E-state index in [4.69, 9.17) is 9.47 Å². The van der Waals surface area contributed by atoms with Crippen LogP contribution < -0.4 is 19.7 Å². The molecule has 1 aliphatic heterocycles. The van der Waals surface area contributed by atoms with E-state index in [1.807, 2.05) is 97.9 Å². The molecule has 0 aliphatic carbocycles. The molecule has 1 heterocycles. The summed E-state index contributed by atoms with van der Waals surface area (Å²) in [7, 11) is 3.94. The van der Waals surface area contributed by atoms with Gasteiger partial charge in [-0.3, -0.25) is 4.79 Å². The van der Waals surface area contributed by atoms with Gasteiger partial charge in [-0.2, -0.15) is 0 Å². The number of ether oxygens (including phenoxy) is 2. The van der Waals surface area contributed by atoms with Crippen LogP contribution in [0.5, 0.6) is 11.5 Å². The van der Waals surface area contributed by atoms with E-state index in [0.717, 1.165) is 34.0 Å². The predicted octanol–water partition coefficient (Wildman–Crippen LogP) is 4.90. The Morgan fingerprint density at radius 1 is 0.862 bits per heavy atom. The van der Waals surface area contributed by atoms with Crippen molar-refractivity contribution in [2.45, 2.75) is 0 Å². The van der Waals surface area contributed by atoms with E-state index in [2.05, 4.69) is 5.32 Å². The Kier molecular flexibility index (Phi) is 5.20. The van der Waals surface area contributed by atoms with Crippen LogP contribution in [0.3, 0.4) is 0 Å². The van der Waals surface area contributed by atoms with Crippen molar-refractivity contribution >= 4 is 29.4 Å². The summed E-state index contributed by atoms with van der Waals surface area (Å²) in [5.74, 6) is 1.42. The van der Waals surface area contributed by atoms with E-state index >= 15 is 0 Å². The first-order chi connectivity index (χ1) is 14.1. The van der Waals surface area contributed by atoms with Crippen molar-refractivity contribution in [1.29, 1.82) is 0 Å². The van der Waals surface area contributed by atoms with E-state index < -0.39 is 0 Å². The summed E-state index contributed by atoms with van der Waals surface area (Å²) >= 11 is 0. The third-order valence-electron chi connectivity index (χ3n) is 4.68. The number of carbonyl (C=O) groups excluding carboxylic acids is 1. The fourth-order valence-corrected chi connectivity index (χ4v) is 3.00.